The second-order valence-corrected chi connectivity index (χ2v) is 2.61. The molecular weight excluding hydrogens is 138 g/mol. The van der Waals surface area contributed by atoms with Crippen LogP contribution >= 0.6 is 0 Å². The zero-order valence-corrected chi connectivity index (χ0v) is 6.54. The maximum Gasteiger partial charge on any atom is 0.132 e. The molecule has 0 atom stereocenters. The van der Waals surface area contributed by atoms with Crippen molar-refractivity contribution in [3.05, 3.63) is 23.9 Å². The molecule has 1 aliphatic heterocycles. The molecule has 58 valence electrons. The van der Waals surface area contributed by atoms with Crippen molar-refractivity contribution in [1.82, 2.24) is 14.9 Å². The monoisotopic (exact) mass is 149 g/mol. The molecule has 0 saturated carbocycles. The van der Waals surface area contributed by atoms with E-state index in [1.54, 1.807) is 0 Å². The third kappa shape index (κ3) is 1.02. The Labute approximate surface area is 65.7 Å². The van der Waals surface area contributed by atoms with E-state index in [1.807, 2.05) is 12.4 Å². The summed E-state index contributed by atoms with van der Waals surface area (Å²) >= 11 is 0. The minimum atomic E-state index is 0.854. The fraction of sp³-hybridized carbons (Fsp3) is 0.375. The first-order valence-electron chi connectivity index (χ1n) is 3.86. The van der Waals surface area contributed by atoms with Crippen molar-refractivity contribution in [1.29, 1.82) is 0 Å². The van der Waals surface area contributed by atoms with E-state index < -0.39 is 0 Å². The van der Waals surface area contributed by atoms with Crippen molar-refractivity contribution in [3.63, 3.8) is 0 Å². The Morgan fingerprint density at radius 3 is 3.45 bits per heavy atom. The second kappa shape index (κ2) is 2.42. The minimum absolute atomic E-state index is 0.854. The number of nitrogens with one attached hydrogen (secondary N) is 1. The molecule has 1 aromatic rings. The first-order valence-corrected chi connectivity index (χ1v) is 3.86. The second-order valence-electron chi connectivity index (χ2n) is 2.61. The molecule has 0 amide bonds. The largest absolute Gasteiger partial charge is 0.380 e. The molecule has 2 heterocycles. The third-order valence-corrected chi connectivity index (χ3v) is 1.90. The molecule has 11 heavy (non-hydrogen) atoms. The van der Waals surface area contributed by atoms with Crippen LogP contribution in [0.2, 0.25) is 0 Å². The summed E-state index contributed by atoms with van der Waals surface area (Å²) in [7, 11) is 0. The fourth-order valence-electron chi connectivity index (χ4n) is 1.22. The van der Waals surface area contributed by atoms with Gasteiger partial charge in [-0.15, -0.1) is 0 Å². The summed E-state index contributed by atoms with van der Waals surface area (Å²) in [5.41, 5.74) is 1.27. The van der Waals surface area contributed by atoms with Gasteiger partial charge in [-0.1, -0.05) is 6.92 Å². The summed E-state index contributed by atoms with van der Waals surface area (Å²) in [6, 6.07) is 0. The van der Waals surface area contributed by atoms with E-state index in [1.165, 1.54) is 5.70 Å². The smallest absolute Gasteiger partial charge is 0.132 e. The van der Waals surface area contributed by atoms with Gasteiger partial charge in [0.05, 0.1) is 6.54 Å². The minimum Gasteiger partial charge on any atom is -0.380 e. The molecule has 1 N–H and O–H groups in total. The van der Waals surface area contributed by atoms with Gasteiger partial charge in [0.1, 0.15) is 5.82 Å². The highest BCUT2D eigenvalue weighted by molar-refractivity contribution is 5.33. The number of rotatable bonds is 1. The van der Waals surface area contributed by atoms with E-state index in [2.05, 4.69) is 28.0 Å². The van der Waals surface area contributed by atoms with E-state index >= 15 is 0 Å². The van der Waals surface area contributed by atoms with Crippen LogP contribution in [0.4, 0.5) is 0 Å². The summed E-state index contributed by atoms with van der Waals surface area (Å²) in [6.45, 7) is 2.99. The van der Waals surface area contributed by atoms with Gasteiger partial charge in [-0.3, -0.25) is 0 Å². The molecule has 0 spiro atoms. The fourth-order valence-corrected chi connectivity index (χ4v) is 1.22. The van der Waals surface area contributed by atoms with Crippen LogP contribution in [-0.4, -0.2) is 9.55 Å². The van der Waals surface area contributed by atoms with Crippen LogP contribution in [0.5, 0.6) is 0 Å². The highest BCUT2D eigenvalue weighted by atomic mass is 15.1. The third-order valence-electron chi connectivity index (χ3n) is 1.90. The molecule has 0 saturated heterocycles. The molecule has 3 heteroatoms. The van der Waals surface area contributed by atoms with Crippen LogP contribution in [0.15, 0.2) is 18.1 Å². The number of hydrogen-bond donors (Lipinski definition) is 1. The normalized spacial score (nSPS) is 15.2. The Morgan fingerprint density at radius 1 is 1.73 bits per heavy atom. The number of allylic oxidation sites excluding steroid dienone is 1. The van der Waals surface area contributed by atoms with Crippen LogP contribution in [0.3, 0.4) is 0 Å². The topological polar surface area (TPSA) is 29.9 Å². The summed E-state index contributed by atoms with van der Waals surface area (Å²) in [5.74, 6) is 1.09. The lowest BCUT2D eigenvalue weighted by molar-refractivity contribution is 0.696. The van der Waals surface area contributed by atoms with Crippen LogP contribution in [0.25, 0.3) is 6.20 Å². The van der Waals surface area contributed by atoms with E-state index in [0.29, 0.717) is 0 Å². The van der Waals surface area contributed by atoms with Gasteiger partial charge in [0.2, 0.25) is 0 Å². The van der Waals surface area contributed by atoms with Crippen molar-refractivity contribution in [2.24, 2.45) is 0 Å². The molecular formula is C8H11N3. The lowest BCUT2D eigenvalue weighted by Crippen LogP contribution is -2.20. The molecule has 0 aromatic carbocycles. The van der Waals surface area contributed by atoms with Gasteiger partial charge in [0.25, 0.3) is 0 Å². The Morgan fingerprint density at radius 2 is 2.64 bits per heavy atom. The summed E-state index contributed by atoms with van der Waals surface area (Å²) in [6.07, 6.45) is 6.95. The van der Waals surface area contributed by atoms with Crippen molar-refractivity contribution in [2.45, 2.75) is 19.9 Å². The standard InChI is InChI=1S/C8H11N3/c1-2-7-6-11-4-3-9-8(11)5-10-7/h3-4,6,10H,2,5H2,1H3. The van der Waals surface area contributed by atoms with Crippen LogP contribution in [0, 0.1) is 0 Å². The van der Waals surface area contributed by atoms with E-state index in [4.69, 9.17) is 0 Å². The van der Waals surface area contributed by atoms with Crippen molar-refractivity contribution in [3.8, 4) is 0 Å². The molecule has 1 aromatic heterocycles. The lowest BCUT2D eigenvalue weighted by Gasteiger charge is -2.15. The summed E-state index contributed by atoms with van der Waals surface area (Å²) < 4.78 is 2.06. The zero-order valence-electron chi connectivity index (χ0n) is 6.54. The molecule has 0 aliphatic carbocycles. The molecule has 0 unspecified atom stereocenters. The highest BCUT2D eigenvalue weighted by Gasteiger charge is 2.06. The van der Waals surface area contributed by atoms with Gasteiger partial charge in [-0.25, -0.2) is 4.98 Å². The van der Waals surface area contributed by atoms with E-state index in [0.717, 1.165) is 18.8 Å². The van der Waals surface area contributed by atoms with Gasteiger partial charge >= 0.3 is 0 Å². The van der Waals surface area contributed by atoms with E-state index in [-0.39, 0.29) is 0 Å². The molecule has 0 radical (unpaired) electrons. The number of imidazole rings is 1. The quantitative estimate of drug-likeness (QED) is 0.650. The molecule has 3 nitrogen and oxygen atoms in total. The average molecular weight is 149 g/mol. The Hall–Kier alpha value is -1.25. The van der Waals surface area contributed by atoms with Crippen LogP contribution in [0.1, 0.15) is 19.2 Å². The number of hydrogen-bond acceptors (Lipinski definition) is 2. The first-order chi connectivity index (χ1) is 5.40. The maximum absolute atomic E-state index is 4.18. The maximum atomic E-state index is 4.18. The molecule has 1 aliphatic rings. The Bertz CT molecular complexity index is 285. The SMILES string of the molecule is CCC1=Cn2ccnc2CN1. The summed E-state index contributed by atoms with van der Waals surface area (Å²) in [4.78, 5) is 4.18. The van der Waals surface area contributed by atoms with Crippen molar-refractivity contribution < 1.29 is 0 Å². The lowest BCUT2D eigenvalue weighted by atomic mass is 10.3. The van der Waals surface area contributed by atoms with Crippen LogP contribution < -0.4 is 5.32 Å². The van der Waals surface area contributed by atoms with Gasteiger partial charge in [0, 0.05) is 24.3 Å². The van der Waals surface area contributed by atoms with Crippen LogP contribution in [-0.2, 0) is 6.54 Å². The Balaban J connectivity index is 2.37. The van der Waals surface area contributed by atoms with Gasteiger partial charge in [-0.05, 0) is 6.42 Å². The zero-order chi connectivity index (χ0) is 7.68. The average Bonchev–Trinajstić information content (AvgIpc) is 2.50. The molecule has 0 bridgehead atoms. The predicted molar refractivity (Wildman–Crippen MR) is 43.6 cm³/mol. The molecule has 2 rings (SSSR count). The van der Waals surface area contributed by atoms with Gasteiger partial charge < -0.3 is 9.88 Å². The number of nitrogens with zero attached hydrogens (tertiary/aromatic N) is 2. The number of aromatic nitrogens is 2. The predicted octanol–water partition coefficient (Wildman–Crippen LogP) is 1.19. The van der Waals surface area contributed by atoms with Crippen molar-refractivity contribution in [2.75, 3.05) is 0 Å². The summed E-state index contributed by atoms with van der Waals surface area (Å²) in [5, 5.41) is 3.29. The Kier molecular flexibility index (Phi) is 1.42. The first kappa shape index (κ1) is 6.46. The van der Waals surface area contributed by atoms with E-state index in [9.17, 15) is 0 Å². The highest BCUT2D eigenvalue weighted by Crippen LogP contribution is 2.09. The van der Waals surface area contributed by atoms with Gasteiger partial charge in [-0.2, -0.15) is 0 Å². The molecule has 0 fully saturated rings. The van der Waals surface area contributed by atoms with Crippen molar-refractivity contribution >= 4 is 6.20 Å². The number of fused-ring (bicyclic) bond motifs is 1. The van der Waals surface area contributed by atoms with Gasteiger partial charge in [0.15, 0.2) is 0 Å².